The predicted molar refractivity (Wildman–Crippen MR) is 103 cm³/mol. The summed E-state index contributed by atoms with van der Waals surface area (Å²) >= 11 is 0. The van der Waals surface area contributed by atoms with Gasteiger partial charge in [-0.25, -0.2) is 0 Å². The molecule has 0 saturated heterocycles. The van der Waals surface area contributed by atoms with Crippen LogP contribution in [0.4, 0.5) is 0 Å². The second kappa shape index (κ2) is 4.07. The molecule has 4 aromatic carbocycles. The Hall–Kier alpha value is -3.06. The van der Waals surface area contributed by atoms with Gasteiger partial charge in [0.1, 0.15) is 0 Å². The minimum atomic E-state index is 1.28. The van der Waals surface area contributed by atoms with Crippen LogP contribution in [0.5, 0.6) is 0 Å². The van der Waals surface area contributed by atoms with Crippen LogP contribution < -0.4 is 0 Å². The summed E-state index contributed by atoms with van der Waals surface area (Å²) in [5, 5.41) is 9.48. The lowest BCUT2D eigenvalue weighted by molar-refractivity contribution is 1.29. The molecule has 0 aliphatic rings. The Bertz CT molecular complexity index is 1300. The Kier molecular flexibility index (Phi) is 2.10. The SMILES string of the molecule is Cc1cc2c3ccccc3c3ccn4c5ccccc5c(c1)c2c34. The van der Waals surface area contributed by atoms with Gasteiger partial charge in [0.05, 0.1) is 11.0 Å². The Morgan fingerprint density at radius 1 is 0.625 bits per heavy atom. The highest BCUT2D eigenvalue weighted by Gasteiger charge is 2.17. The van der Waals surface area contributed by atoms with Gasteiger partial charge < -0.3 is 4.40 Å². The van der Waals surface area contributed by atoms with Crippen LogP contribution in [-0.4, -0.2) is 4.40 Å². The molecular weight excluding hydrogens is 290 g/mol. The van der Waals surface area contributed by atoms with Crippen molar-refractivity contribution in [2.24, 2.45) is 0 Å². The zero-order valence-electron chi connectivity index (χ0n) is 13.4. The quantitative estimate of drug-likeness (QED) is 0.229. The number of aromatic nitrogens is 1. The second-order valence-corrected chi connectivity index (χ2v) is 6.75. The molecule has 112 valence electrons. The zero-order valence-corrected chi connectivity index (χ0v) is 13.4. The van der Waals surface area contributed by atoms with E-state index in [0.29, 0.717) is 0 Å². The maximum Gasteiger partial charge on any atom is 0.0619 e. The number of aryl methyl sites for hydroxylation is 1. The van der Waals surface area contributed by atoms with Crippen molar-refractivity contribution >= 4 is 48.7 Å². The van der Waals surface area contributed by atoms with Gasteiger partial charge in [-0.1, -0.05) is 54.6 Å². The lowest BCUT2D eigenvalue weighted by Gasteiger charge is -2.15. The highest BCUT2D eigenvalue weighted by Crippen LogP contribution is 2.42. The molecule has 2 aromatic heterocycles. The molecule has 24 heavy (non-hydrogen) atoms. The molecule has 1 nitrogen and oxygen atoms in total. The van der Waals surface area contributed by atoms with Crippen LogP contribution in [-0.2, 0) is 0 Å². The molecule has 0 unspecified atom stereocenters. The molecule has 0 atom stereocenters. The molecule has 2 heterocycles. The lowest BCUT2D eigenvalue weighted by Crippen LogP contribution is -1.93. The molecule has 0 bridgehead atoms. The first-order valence-electron chi connectivity index (χ1n) is 8.39. The Labute approximate surface area is 139 Å². The molecule has 6 rings (SSSR count). The van der Waals surface area contributed by atoms with Gasteiger partial charge in [-0.2, -0.15) is 0 Å². The fraction of sp³-hybridized carbons (Fsp3) is 0.0435. The normalized spacial score (nSPS) is 12.4. The minimum Gasteiger partial charge on any atom is -0.315 e. The number of hydrogen-bond donors (Lipinski definition) is 0. The Balaban J connectivity index is 2.14. The van der Waals surface area contributed by atoms with E-state index in [1.54, 1.807) is 0 Å². The second-order valence-electron chi connectivity index (χ2n) is 6.75. The molecule has 1 heteroatoms. The van der Waals surface area contributed by atoms with E-state index in [4.69, 9.17) is 0 Å². The summed E-state index contributed by atoms with van der Waals surface area (Å²) in [5.74, 6) is 0. The molecular formula is C23H15N. The maximum absolute atomic E-state index is 2.36. The first kappa shape index (κ1) is 12.4. The van der Waals surface area contributed by atoms with Gasteiger partial charge in [0.2, 0.25) is 0 Å². The summed E-state index contributed by atoms with van der Waals surface area (Å²) in [6.45, 7) is 2.20. The number of para-hydroxylation sites is 1. The van der Waals surface area contributed by atoms with Crippen LogP contribution in [0.2, 0.25) is 0 Å². The number of fused-ring (bicyclic) bond motifs is 6. The van der Waals surface area contributed by atoms with Crippen molar-refractivity contribution in [3.05, 3.63) is 78.5 Å². The van der Waals surface area contributed by atoms with Crippen LogP contribution >= 0.6 is 0 Å². The first-order chi connectivity index (χ1) is 11.8. The average Bonchev–Trinajstić information content (AvgIpc) is 3.07. The standard InChI is InChI=1S/C23H15N/c1-14-12-19-16-7-3-2-6-15(16)18-10-11-24-21-9-5-4-8-17(21)20(13-14)22(19)23(18)24/h2-13H,1H3. The molecule has 0 saturated carbocycles. The molecule has 0 aliphatic carbocycles. The maximum atomic E-state index is 2.36. The molecule has 0 amide bonds. The predicted octanol–water partition coefficient (Wildman–Crippen LogP) is 6.30. The van der Waals surface area contributed by atoms with E-state index in [0.717, 1.165) is 0 Å². The largest absolute Gasteiger partial charge is 0.315 e. The first-order valence-corrected chi connectivity index (χ1v) is 8.39. The van der Waals surface area contributed by atoms with Crippen molar-refractivity contribution in [3.8, 4) is 0 Å². The highest BCUT2D eigenvalue weighted by molar-refractivity contribution is 6.32. The van der Waals surface area contributed by atoms with Crippen molar-refractivity contribution in [2.75, 3.05) is 0 Å². The number of rotatable bonds is 0. The van der Waals surface area contributed by atoms with E-state index in [2.05, 4.69) is 84.3 Å². The average molecular weight is 305 g/mol. The summed E-state index contributed by atoms with van der Waals surface area (Å²) < 4.78 is 2.36. The highest BCUT2D eigenvalue weighted by atomic mass is 14.9. The summed E-state index contributed by atoms with van der Waals surface area (Å²) in [7, 11) is 0. The van der Waals surface area contributed by atoms with Crippen LogP contribution in [0.3, 0.4) is 0 Å². The summed E-state index contributed by atoms with van der Waals surface area (Å²) in [6.07, 6.45) is 2.22. The van der Waals surface area contributed by atoms with Gasteiger partial charge in [0.25, 0.3) is 0 Å². The molecule has 0 spiro atoms. The van der Waals surface area contributed by atoms with Gasteiger partial charge in [-0.05, 0) is 46.2 Å². The summed E-state index contributed by atoms with van der Waals surface area (Å²) in [4.78, 5) is 0. The fourth-order valence-electron chi connectivity index (χ4n) is 4.44. The fourth-order valence-corrected chi connectivity index (χ4v) is 4.44. The van der Waals surface area contributed by atoms with Crippen molar-refractivity contribution < 1.29 is 0 Å². The monoisotopic (exact) mass is 305 g/mol. The van der Waals surface area contributed by atoms with E-state index >= 15 is 0 Å². The van der Waals surface area contributed by atoms with Crippen molar-refractivity contribution in [2.45, 2.75) is 6.92 Å². The van der Waals surface area contributed by atoms with Crippen LogP contribution in [0.15, 0.2) is 72.9 Å². The number of benzene rings is 4. The van der Waals surface area contributed by atoms with Crippen molar-refractivity contribution in [3.63, 3.8) is 0 Å². The van der Waals surface area contributed by atoms with Gasteiger partial charge >= 0.3 is 0 Å². The summed E-state index contributed by atoms with van der Waals surface area (Å²) in [6, 6.07) is 24.5. The van der Waals surface area contributed by atoms with Gasteiger partial charge in [-0.15, -0.1) is 0 Å². The van der Waals surface area contributed by atoms with Gasteiger partial charge in [-0.3, -0.25) is 0 Å². The minimum absolute atomic E-state index is 1.28. The number of pyridine rings is 1. The Morgan fingerprint density at radius 2 is 1.25 bits per heavy atom. The third kappa shape index (κ3) is 1.32. The van der Waals surface area contributed by atoms with E-state index in [-0.39, 0.29) is 0 Å². The van der Waals surface area contributed by atoms with Crippen LogP contribution in [0.1, 0.15) is 5.56 Å². The molecule has 0 aliphatic heterocycles. The van der Waals surface area contributed by atoms with Crippen molar-refractivity contribution in [1.82, 2.24) is 4.40 Å². The van der Waals surface area contributed by atoms with E-state index in [1.807, 2.05) is 0 Å². The number of hydrogen-bond acceptors (Lipinski definition) is 0. The smallest absolute Gasteiger partial charge is 0.0619 e. The van der Waals surface area contributed by atoms with Crippen LogP contribution in [0.25, 0.3) is 48.7 Å². The zero-order chi connectivity index (χ0) is 15.8. The van der Waals surface area contributed by atoms with Crippen molar-refractivity contribution in [1.29, 1.82) is 0 Å². The number of nitrogens with zero attached hydrogens (tertiary/aromatic N) is 1. The topological polar surface area (TPSA) is 4.41 Å². The van der Waals surface area contributed by atoms with E-state index in [9.17, 15) is 0 Å². The molecule has 6 aromatic rings. The third-order valence-electron chi connectivity index (χ3n) is 5.37. The van der Waals surface area contributed by atoms with Gasteiger partial charge in [0.15, 0.2) is 0 Å². The third-order valence-corrected chi connectivity index (χ3v) is 5.37. The molecule has 0 fully saturated rings. The van der Waals surface area contributed by atoms with Gasteiger partial charge in [0, 0.05) is 22.4 Å². The van der Waals surface area contributed by atoms with E-state index in [1.165, 1.54) is 54.3 Å². The lowest BCUT2D eigenvalue weighted by atomic mass is 9.92. The Morgan fingerprint density at radius 3 is 2.04 bits per heavy atom. The van der Waals surface area contributed by atoms with Crippen LogP contribution in [0, 0.1) is 6.92 Å². The van der Waals surface area contributed by atoms with E-state index < -0.39 is 0 Å². The summed E-state index contributed by atoms with van der Waals surface area (Å²) in [5.41, 5.74) is 3.94. The molecule has 0 N–H and O–H groups in total. The molecule has 0 radical (unpaired) electrons.